The minimum absolute atomic E-state index is 0.130. The van der Waals surface area contributed by atoms with E-state index in [-0.39, 0.29) is 23.5 Å². The number of carboxylic acids is 1. The summed E-state index contributed by atoms with van der Waals surface area (Å²) in [6, 6.07) is 7.63. The minimum Gasteiger partial charge on any atom is -0.478 e. The van der Waals surface area contributed by atoms with Gasteiger partial charge in [0.05, 0.1) is 4.47 Å². The molecule has 1 aliphatic heterocycles. The number of hydrogen-bond donors (Lipinski definition) is 2. The monoisotopic (exact) mass is 657 g/mol. The maximum Gasteiger partial charge on any atom is 0.332 e. The van der Waals surface area contributed by atoms with Gasteiger partial charge in [-0.15, -0.1) is 0 Å². The molecule has 2 aliphatic carbocycles. The molecule has 1 unspecified atom stereocenters. The molecular formula is C32H34BrF2N3O5. The number of fused-ring (bicyclic) bond motifs is 2. The number of amides is 4. The van der Waals surface area contributed by atoms with E-state index in [9.17, 15) is 33.1 Å². The standard InChI is InChI=1S/C32H34BrF2N3O5/c1-31(2,3)27(28(40)41)19-6-10-22(11-7-19)37(16-18-4-8-21(34)9-5-18)26(39)17-38-29(42)32(36-30(38)43)13-12-20-14-24(33)25(35)15-23(20)32/h4-5,8-9,14-15,22H,6-7,10-13,16-17H2,1-3H3,(H,36,43)(H,40,41). The molecule has 3 aliphatic rings. The van der Waals surface area contributed by atoms with E-state index in [0.29, 0.717) is 48.8 Å². The summed E-state index contributed by atoms with van der Waals surface area (Å²) < 4.78 is 28.4. The number of carbonyl (C=O) groups excluding carboxylic acids is 3. The molecular weight excluding hydrogens is 624 g/mol. The van der Waals surface area contributed by atoms with Gasteiger partial charge >= 0.3 is 12.0 Å². The second kappa shape index (κ2) is 11.5. The van der Waals surface area contributed by atoms with Gasteiger partial charge < -0.3 is 15.3 Å². The zero-order valence-electron chi connectivity index (χ0n) is 24.3. The fourth-order valence-electron chi connectivity index (χ4n) is 6.72. The first-order valence-electron chi connectivity index (χ1n) is 14.3. The molecule has 0 aromatic heterocycles. The molecule has 1 saturated heterocycles. The Morgan fingerprint density at radius 3 is 2.35 bits per heavy atom. The van der Waals surface area contributed by atoms with Crippen LogP contribution in [0.3, 0.4) is 0 Å². The van der Waals surface area contributed by atoms with Gasteiger partial charge in [0.2, 0.25) is 5.91 Å². The highest BCUT2D eigenvalue weighted by molar-refractivity contribution is 9.10. The Bertz CT molecular complexity index is 1520. The molecule has 0 radical (unpaired) electrons. The molecule has 2 aromatic carbocycles. The molecule has 228 valence electrons. The van der Waals surface area contributed by atoms with E-state index in [1.165, 1.54) is 18.2 Å². The molecule has 5 rings (SSSR count). The number of aliphatic carboxylic acids is 1. The summed E-state index contributed by atoms with van der Waals surface area (Å²) in [5.74, 6) is -2.98. The lowest BCUT2D eigenvalue weighted by molar-refractivity contribution is -0.141. The third-order valence-corrected chi connectivity index (χ3v) is 9.36. The van der Waals surface area contributed by atoms with Gasteiger partial charge in [0, 0.05) is 18.2 Å². The average Bonchev–Trinajstić information content (AvgIpc) is 3.39. The van der Waals surface area contributed by atoms with E-state index in [4.69, 9.17) is 0 Å². The number of halogens is 3. The van der Waals surface area contributed by atoms with Crippen LogP contribution in [0.5, 0.6) is 0 Å². The predicted octanol–water partition coefficient (Wildman–Crippen LogP) is 5.82. The van der Waals surface area contributed by atoms with E-state index in [1.807, 2.05) is 20.8 Å². The average molecular weight is 659 g/mol. The van der Waals surface area contributed by atoms with Crippen LogP contribution in [0.4, 0.5) is 13.6 Å². The Morgan fingerprint density at radius 2 is 1.74 bits per heavy atom. The van der Waals surface area contributed by atoms with Crippen LogP contribution in [-0.2, 0) is 32.9 Å². The minimum atomic E-state index is -1.43. The van der Waals surface area contributed by atoms with Crippen LogP contribution < -0.4 is 5.32 Å². The van der Waals surface area contributed by atoms with Crippen molar-refractivity contribution in [2.75, 3.05) is 6.54 Å². The highest BCUT2D eigenvalue weighted by atomic mass is 79.9. The summed E-state index contributed by atoms with van der Waals surface area (Å²) in [6.45, 7) is 5.20. The quantitative estimate of drug-likeness (QED) is 0.301. The van der Waals surface area contributed by atoms with Crippen LogP contribution in [0.15, 0.2) is 52.0 Å². The summed E-state index contributed by atoms with van der Waals surface area (Å²) in [7, 11) is 0. The number of nitrogens with zero attached hydrogens (tertiary/aromatic N) is 2. The van der Waals surface area contributed by atoms with Gasteiger partial charge in [-0.05, 0) is 101 Å². The van der Waals surface area contributed by atoms with E-state index >= 15 is 0 Å². The molecule has 0 bridgehead atoms. The predicted molar refractivity (Wildman–Crippen MR) is 158 cm³/mol. The zero-order valence-corrected chi connectivity index (χ0v) is 25.9. The zero-order chi connectivity index (χ0) is 31.3. The van der Waals surface area contributed by atoms with E-state index in [2.05, 4.69) is 21.2 Å². The van der Waals surface area contributed by atoms with Gasteiger partial charge in [-0.25, -0.2) is 18.4 Å². The van der Waals surface area contributed by atoms with Crippen molar-refractivity contribution >= 4 is 39.7 Å². The van der Waals surface area contributed by atoms with Gasteiger partial charge in [0.25, 0.3) is 5.91 Å². The van der Waals surface area contributed by atoms with E-state index < -0.39 is 52.9 Å². The molecule has 4 amide bonds. The van der Waals surface area contributed by atoms with Crippen molar-refractivity contribution in [1.82, 2.24) is 15.1 Å². The summed E-state index contributed by atoms with van der Waals surface area (Å²) in [4.78, 5) is 55.3. The second-order valence-corrected chi connectivity index (χ2v) is 13.4. The van der Waals surface area contributed by atoms with E-state index in [1.54, 1.807) is 23.1 Å². The molecule has 1 spiro atoms. The van der Waals surface area contributed by atoms with Gasteiger partial charge in [0.1, 0.15) is 23.7 Å². The molecule has 8 nitrogen and oxygen atoms in total. The Balaban J connectivity index is 1.39. The number of imide groups is 1. The van der Waals surface area contributed by atoms with Crippen molar-refractivity contribution in [3.8, 4) is 0 Å². The molecule has 2 N–H and O–H groups in total. The lowest BCUT2D eigenvalue weighted by Gasteiger charge is -2.37. The smallest absolute Gasteiger partial charge is 0.332 e. The summed E-state index contributed by atoms with van der Waals surface area (Å²) in [5.41, 5.74) is 1.07. The molecule has 43 heavy (non-hydrogen) atoms. The normalized spacial score (nSPS) is 21.7. The Morgan fingerprint density at radius 1 is 1.09 bits per heavy atom. The number of urea groups is 1. The van der Waals surface area contributed by atoms with Crippen LogP contribution >= 0.6 is 15.9 Å². The Hall–Kier alpha value is -3.60. The number of carbonyl (C=O) groups is 4. The summed E-state index contributed by atoms with van der Waals surface area (Å²) >= 11 is 3.17. The largest absolute Gasteiger partial charge is 0.478 e. The summed E-state index contributed by atoms with van der Waals surface area (Å²) in [5, 5.41) is 12.6. The molecule has 2 fully saturated rings. The number of benzene rings is 2. The van der Waals surface area contributed by atoms with Crippen molar-refractivity contribution in [3.63, 3.8) is 0 Å². The van der Waals surface area contributed by atoms with Crippen LogP contribution in [-0.4, -0.2) is 51.3 Å². The second-order valence-electron chi connectivity index (χ2n) is 12.6. The highest BCUT2D eigenvalue weighted by Gasteiger charge is 2.56. The fraction of sp³-hybridized carbons (Fsp3) is 0.438. The number of rotatable bonds is 6. The molecule has 11 heteroatoms. The fourth-order valence-corrected chi connectivity index (χ4v) is 7.11. The van der Waals surface area contributed by atoms with Gasteiger partial charge in [0.15, 0.2) is 0 Å². The van der Waals surface area contributed by atoms with Gasteiger partial charge in [-0.3, -0.25) is 14.5 Å². The number of hydrogen-bond acceptors (Lipinski definition) is 4. The first-order chi connectivity index (χ1) is 20.2. The first kappa shape index (κ1) is 30.8. The van der Waals surface area contributed by atoms with Crippen LogP contribution in [0.2, 0.25) is 0 Å². The molecule has 1 saturated carbocycles. The van der Waals surface area contributed by atoms with Crippen molar-refractivity contribution in [1.29, 1.82) is 0 Å². The maximum atomic E-state index is 14.5. The van der Waals surface area contributed by atoms with Crippen molar-refractivity contribution in [3.05, 3.63) is 80.3 Å². The third kappa shape index (κ3) is 5.83. The number of nitrogens with one attached hydrogen (secondary N) is 1. The van der Waals surface area contributed by atoms with Crippen molar-refractivity contribution < 1.29 is 33.1 Å². The maximum absolute atomic E-state index is 14.5. The summed E-state index contributed by atoms with van der Waals surface area (Å²) in [6.07, 6.45) is 2.69. The highest BCUT2D eigenvalue weighted by Crippen LogP contribution is 2.43. The molecule has 2 aromatic rings. The lowest BCUT2D eigenvalue weighted by atomic mass is 9.77. The van der Waals surface area contributed by atoms with Crippen molar-refractivity contribution in [2.45, 2.75) is 77.4 Å². The molecule has 1 atom stereocenters. The number of aryl methyl sites for hydroxylation is 1. The van der Waals surface area contributed by atoms with E-state index in [0.717, 1.165) is 16.0 Å². The third-order valence-electron chi connectivity index (χ3n) is 8.75. The first-order valence-corrected chi connectivity index (χ1v) is 15.1. The Kier molecular flexibility index (Phi) is 8.24. The van der Waals surface area contributed by atoms with Crippen LogP contribution in [0.1, 0.15) is 69.6 Å². The topological polar surface area (TPSA) is 107 Å². The number of allylic oxidation sites excluding steroid dienone is 1. The van der Waals surface area contributed by atoms with Crippen LogP contribution in [0.25, 0.3) is 0 Å². The molecule has 1 heterocycles. The SMILES string of the molecule is CC(C)(C)C(C(=O)O)=C1CCC(N(Cc2ccc(F)cc2)C(=O)CN2C(=O)NC3(CCc4cc(Br)c(F)cc43)C2=O)CC1. The van der Waals surface area contributed by atoms with Crippen LogP contribution in [0, 0.1) is 17.0 Å². The van der Waals surface area contributed by atoms with Gasteiger partial charge in [-0.1, -0.05) is 38.5 Å². The van der Waals surface area contributed by atoms with Gasteiger partial charge in [-0.2, -0.15) is 0 Å². The lowest BCUT2D eigenvalue weighted by Crippen LogP contribution is -2.48. The Labute approximate surface area is 257 Å². The van der Waals surface area contributed by atoms with Crippen molar-refractivity contribution in [2.24, 2.45) is 5.41 Å². The number of carboxylic acid groups (broad SMARTS) is 1.